The lowest BCUT2D eigenvalue weighted by Crippen LogP contribution is -2.42. The minimum absolute atomic E-state index is 0.0547. The second kappa shape index (κ2) is 7.00. The van der Waals surface area contributed by atoms with Crippen LogP contribution in [-0.4, -0.2) is 46.8 Å². The Morgan fingerprint density at radius 1 is 1.41 bits per heavy atom. The zero-order chi connectivity index (χ0) is 15.4. The van der Waals surface area contributed by atoms with E-state index in [-0.39, 0.29) is 12.5 Å². The highest BCUT2D eigenvalue weighted by Crippen LogP contribution is 2.23. The average molecular weight is 318 g/mol. The van der Waals surface area contributed by atoms with Gasteiger partial charge < -0.3 is 9.84 Å². The van der Waals surface area contributed by atoms with Gasteiger partial charge in [0.25, 0.3) is 0 Å². The van der Waals surface area contributed by atoms with Crippen molar-refractivity contribution in [3.8, 4) is 10.6 Å². The van der Waals surface area contributed by atoms with Crippen molar-refractivity contribution in [2.45, 2.75) is 19.1 Å². The summed E-state index contributed by atoms with van der Waals surface area (Å²) in [4.78, 5) is 18.9. The number of rotatable bonds is 5. The first-order valence-electron chi connectivity index (χ1n) is 7.26. The van der Waals surface area contributed by atoms with Crippen LogP contribution in [0.25, 0.3) is 10.6 Å². The van der Waals surface area contributed by atoms with E-state index in [1.807, 2.05) is 29.6 Å². The van der Waals surface area contributed by atoms with Gasteiger partial charge in [-0.2, -0.15) is 0 Å². The number of aliphatic carboxylic acids is 1. The minimum Gasteiger partial charge on any atom is -0.481 e. The van der Waals surface area contributed by atoms with Gasteiger partial charge in [-0.3, -0.25) is 14.7 Å². The molecule has 2 aromatic heterocycles. The molecule has 3 rings (SSSR count). The van der Waals surface area contributed by atoms with Gasteiger partial charge in [0.1, 0.15) is 0 Å². The van der Waals surface area contributed by atoms with E-state index in [9.17, 15) is 4.79 Å². The molecule has 0 spiro atoms. The number of aromatic nitrogens is 1. The first kappa shape index (κ1) is 15.1. The number of carboxylic acid groups (broad SMARTS) is 1. The molecule has 0 saturated carbocycles. The fourth-order valence-electron chi connectivity index (χ4n) is 2.60. The molecule has 1 aliphatic rings. The van der Waals surface area contributed by atoms with Gasteiger partial charge in [-0.25, -0.2) is 0 Å². The Hall–Kier alpha value is -1.76. The molecule has 6 heteroatoms. The van der Waals surface area contributed by atoms with Crippen molar-refractivity contribution in [2.24, 2.45) is 0 Å². The van der Waals surface area contributed by atoms with Crippen LogP contribution < -0.4 is 0 Å². The summed E-state index contributed by atoms with van der Waals surface area (Å²) in [6.07, 6.45) is -0.175. The Morgan fingerprint density at radius 2 is 2.32 bits per heavy atom. The van der Waals surface area contributed by atoms with Gasteiger partial charge in [-0.05, 0) is 23.6 Å². The molecule has 0 bridgehead atoms. The molecule has 1 fully saturated rings. The summed E-state index contributed by atoms with van der Waals surface area (Å²) in [5, 5.41) is 10.9. The number of carbonyl (C=O) groups is 1. The summed E-state index contributed by atoms with van der Waals surface area (Å²) in [6.45, 7) is 2.74. The highest BCUT2D eigenvalue weighted by Gasteiger charge is 2.23. The van der Waals surface area contributed by atoms with Crippen molar-refractivity contribution < 1.29 is 14.6 Å². The number of hydrogen-bond donors (Lipinski definition) is 1. The van der Waals surface area contributed by atoms with Crippen molar-refractivity contribution in [3.63, 3.8) is 0 Å². The summed E-state index contributed by atoms with van der Waals surface area (Å²) in [5.74, 6) is -0.815. The number of ether oxygens (including phenoxy) is 1. The second-order valence-electron chi connectivity index (χ2n) is 5.32. The molecule has 1 atom stereocenters. The Balaban J connectivity index is 1.65. The summed E-state index contributed by atoms with van der Waals surface area (Å²) >= 11 is 1.68. The molecule has 3 heterocycles. The Morgan fingerprint density at radius 3 is 3.09 bits per heavy atom. The van der Waals surface area contributed by atoms with Crippen molar-refractivity contribution >= 4 is 17.3 Å². The molecule has 1 saturated heterocycles. The van der Waals surface area contributed by atoms with Crippen molar-refractivity contribution in [1.29, 1.82) is 0 Å². The molecule has 116 valence electrons. The normalized spacial score (nSPS) is 19.2. The molecule has 5 nitrogen and oxygen atoms in total. The van der Waals surface area contributed by atoms with E-state index in [2.05, 4.69) is 11.0 Å². The van der Waals surface area contributed by atoms with Crippen LogP contribution >= 0.6 is 11.3 Å². The topological polar surface area (TPSA) is 62.7 Å². The highest BCUT2D eigenvalue weighted by atomic mass is 32.1. The largest absolute Gasteiger partial charge is 0.481 e. The molecule has 0 aliphatic carbocycles. The number of hydrogen-bond acceptors (Lipinski definition) is 5. The maximum absolute atomic E-state index is 10.8. The summed E-state index contributed by atoms with van der Waals surface area (Å²) in [7, 11) is 0. The van der Waals surface area contributed by atoms with Crippen molar-refractivity contribution in [2.75, 3.05) is 19.7 Å². The van der Waals surface area contributed by atoms with Gasteiger partial charge in [0.05, 0.1) is 35.4 Å². The molecule has 1 unspecified atom stereocenters. The van der Waals surface area contributed by atoms with E-state index in [1.54, 1.807) is 11.3 Å². The van der Waals surface area contributed by atoms with Crippen LogP contribution in [0.3, 0.4) is 0 Å². The third-order valence-electron chi connectivity index (χ3n) is 3.59. The van der Waals surface area contributed by atoms with Gasteiger partial charge in [-0.1, -0.05) is 12.1 Å². The van der Waals surface area contributed by atoms with Gasteiger partial charge in [0, 0.05) is 19.6 Å². The van der Waals surface area contributed by atoms with Crippen molar-refractivity contribution in [3.05, 3.63) is 41.4 Å². The van der Waals surface area contributed by atoms with Crippen LogP contribution in [0.4, 0.5) is 0 Å². The Bertz CT molecular complexity index is 630. The average Bonchev–Trinajstić information content (AvgIpc) is 3.01. The van der Waals surface area contributed by atoms with E-state index in [1.165, 1.54) is 0 Å². The fourth-order valence-corrected chi connectivity index (χ4v) is 3.30. The summed E-state index contributed by atoms with van der Waals surface area (Å²) in [6, 6.07) is 10.1. The van der Waals surface area contributed by atoms with Crippen molar-refractivity contribution in [1.82, 2.24) is 9.88 Å². The molecule has 0 aromatic carbocycles. The monoisotopic (exact) mass is 318 g/mol. The Kier molecular flexibility index (Phi) is 4.82. The zero-order valence-electron chi connectivity index (χ0n) is 12.1. The fraction of sp³-hybridized carbons (Fsp3) is 0.375. The SMILES string of the molecule is O=C(O)CC1CN(Cc2cccc(-c3cccs3)n2)CCO1. The van der Waals surface area contributed by atoms with E-state index in [4.69, 9.17) is 14.8 Å². The lowest BCUT2D eigenvalue weighted by molar-refractivity contribution is -0.142. The Labute approximate surface area is 133 Å². The van der Waals surface area contributed by atoms with Crippen LogP contribution in [-0.2, 0) is 16.1 Å². The molecule has 22 heavy (non-hydrogen) atoms. The van der Waals surface area contributed by atoms with Gasteiger partial charge in [-0.15, -0.1) is 11.3 Å². The minimum atomic E-state index is -0.815. The quantitative estimate of drug-likeness (QED) is 0.917. The van der Waals surface area contributed by atoms with Crippen LogP contribution in [0.1, 0.15) is 12.1 Å². The maximum Gasteiger partial charge on any atom is 0.306 e. The summed E-state index contributed by atoms with van der Waals surface area (Å²) < 4.78 is 5.50. The van der Waals surface area contributed by atoms with E-state index < -0.39 is 5.97 Å². The van der Waals surface area contributed by atoms with E-state index in [0.717, 1.165) is 29.4 Å². The standard InChI is InChI=1S/C16H18N2O3S/c19-16(20)9-13-11-18(6-7-21-13)10-12-3-1-4-14(17-12)15-5-2-8-22-15/h1-5,8,13H,6-7,9-11H2,(H,19,20). The lowest BCUT2D eigenvalue weighted by atomic mass is 10.2. The maximum atomic E-state index is 10.8. The predicted octanol–water partition coefficient (Wildman–Crippen LogP) is 2.49. The van der Waals surface area contributed by atoms with Crippen LogP contribution in [0.15, 0.2) is 35.7 Å². The molecule has 1 aliphatic heterocycles. The molecular formula is C16H18N2O3S. The molecule has 0 radical (unpaired) electrons. The number of thiophene rings is 1. The molecule has 2 aromatic rings. The van der Waals surface area contributed by atoms with Crippen LogP contribution in [0, 0.1) is 0 Å². The van der Waals surface area contributed by atoms with Gasteiger partial charge >= 0.3 is 5.97 Å². The molecule has 1 N–H and O–H groups in total. The third-order valence-corrected chi connectivity index (χ3v) is 4.48. The summed E-state index contributed by atoms with van der Waals surface area (Å²) in [5.41, 5.74) is 1.99. The number of morpholine rings is 1. The van der Waals surface area contributed by atoms with E-state index >= 15 is 0 Å². The molecule has 0 amide bonds. The highest BCUT2D eigenvalue weighted by molar-refractivity contribution is 7.13. The van der Waals surface area contributed by atoms with Gasteiger partial charge in [0.15, 0.2) is 0 Å². The number of nitrogens with zero attached hydrogens (tertiary/aromatic N) is 2. The molecular weight excluding hydrogens is 300 g/mol. The number of carboxylic acids is 1. The van der Waals surface area contributed by atoms with Gasteiger partial charge in [0.2, 0.25) is 0 Å². The van der Waals surface area contributed by atoms with Crippen LogP contribution in [0.2, 0.25) is 0 Å². The lowest BCUT2D eigenvalue weighted by Gasteiger charge is -2.32. The second-order valence-corrected chi connectivity index (χ2v) is 6.26. The predicted molar refractivity (Wildman–Crippen MR) is 84.8 cm³/mol. The van der Waals surface area contributed by atoms with E-state index in [0.29, 0.717) is 13.2 Å². The zero-order valence-corrected chi connectivity index (χ0v) is 13.0. The third kappa shape index (κ3) is 3.91. The smallest absolute Gasteiger partial charge is 0.306 e. The first-order chi connectivity index (χ1) is 10.7. The van der Waals surface area contributed by atoms with Crippen LogP contribution in [0.5, 0.6) is 0 Å². The number of pyridine rings is 1. The first-order valence-corrected chi connectivity index (χ1v) is 8.14.